The number of anilines is 1. The summed E-state index contributed by atoms with van der Waals surface area (Å²) < 4.78 is 13.5. The van der Waals surface area contributed by atoms with Gasteiger partial charge in [0.25, 0.3) is 0 Å². The molecule has 0 aliphatic rings. The second-order valence-electron chi connectivity index (χ2n) is 5.20. The maximum atomic E-state index is 13.2. The molecule has 0 atom stereocenters. The second kappa shape index (κ2) is 8.26. The number of amides is 2. The highest BCUT2D eigenvalue weighted by molar-refractivity contribution is 9.10. The fraction of sp³-hybridized carbons (Fsp3) is 0.176. The van der Waals surface area contributed by atoms with E-state index in [1.54, 1.807) is 30.3 Å². The van der Waals surface area contributed by atoms with Crippen LogP contribution in [0.15, 0.2) is 46.9 Å². The first-order valence-electron chi connectivity index (χ1n) is 7.09. The second-order valence-corrected chi connectivity index (χ2v) is 6.46. The van der Waals surface area contributed by atoms with Gasteiger partial charge in [-0.1, -0.05) is 29.8 Å². The Bertz CT molecular complexity index is 770. The summed E-state index contributed by atoms with van der Waals surface area (Å²) in [5, 5.41) is 3.08. The van der Waals surface area contributed by atoms with Gasteiger partial charge in [0, 0.05) is 7.05 Å². The van der Waals surface area contributed by atoms with Crippen LogP contribution in [-0.2, 0) is 16.0 Å². The lowest BCUT2D eigenvalue weighted by Crippen LogP contribution is -2.35. The highest BCUT2D eigenvalue weighted by Crippen LogP contribution is 2.20. The zero-order chi connectivity index (χ0) is 17.7. The SMILES string of the molecule is CN(CC(=O)Nc1ccccc1Cl)C(=O)Cc1ccc(F)c(Br)c1. The van der Waals surface area contributed by atoms with Crippen molar-refractivity contribution < 1.29 is 14.0 Å². The Morgan fingerprint density at radius 1 is 1.25 bits per heavy atom. The van der Waals surface area contributed by atoms with Crippen LogP contribution < -0.4 is 5.32 Å². The number of rotatable bonds is 5. The van der Waals surface area contributed by atoms with Crippen LogP contribution in [0.2, 0.25) is 5.02 Å². The number of halogens is 3. The molecule has 0 spiro atoms. The number of nitrogens with one attached hydrogen (secondary N) is 1. The van der Waals surface area contributed by atoms with Gasteiger partial charge in [0.1, 0.15) is 5.82 Å². The third-order valence-corrected chi connectivity index (χ3v) is 4.23. The molecule has 0 aliphatic heterocycles. The number of benzene rings is 2. The summed E-state index contributed by atoms with van der Waals surface area (Å²) in [4.78, 5) is 25.5. The molecule has 2 rings (SSSR count). The van der Waals surface area contributed by atoms with Crippen molar-refractivity contribution in [3.05, 3.63) is 63.3 Å². The molecule has 126 valence electrons. The van der Waals surface area contributed by atoms with Crippen LogP contribution in [-0.4, -0.2) is 30.3 Å². The van der Waals surface area contributed by atoms with Crippen LogP contribution in [0.3, 0.4) is 0 Å². The molecule has 0 saturated carbocycles. The summed E-state index contributed by atoms with van der Waals surface area (Å²) >= 11 is 9.05. The molecule has 7 heteroatoms. The molecule has 0 bridgehead atoms. The molecule has 0 aromatic heterocycles. The van der Waals surface area contributed by atoms with E-state index < -0.39 is 5.82 Å². The van der Waals surface area contributed by atoms with Crippen LogP contribution in [0.5, 0.6) is 0 Å². The van der Waals surface area contributed by atoms with E-state index in [4.69, 9.17) is 11.6 Å². The predicted molar refractivity (Wildman–Crippen MR) is 95.5 cm³/mol. The molecule has 0 fully saturated rings. The smallest absolute Gasteiger partial charge is 0.244 e. The van der Waals surface area contributed by atoms with Gasteiger partial charge < -0.3 is 10.2 Å². The zero-order valence-corrected chi connectivity index (χ0v) is 15.2. The number of hydrogen-bond donors (Lipinski definition) is 1. The van der Waals surface area contributed by atoms with Crippen molar-refractivity contribution in [2.24, 2.45) is 0 Å². The van der Waals surface area contributed by atoms with E-state index >= 15 is 0 Å². The van der Waals surface area contributed by atoms with Gasteiger partial charge in [0.2, 0.25) is 11.8 Å². The summed E-state index contributed by atoms with van der Waals surface area (Å²) in [6, 6.07) is 11.2. The zero-order valence-electron chi connectivity index (χ0n) is 12.9. The van der Waals surface area contributed by atoms with Crippen LogP contribution in [0.25, 0.3) is 0 Å². The quantitative estimate of drug-likeness (QED) is 0.809. The third kappa shape index (κ3) is 5.04. The van der Waals surface area contributed by atoms with Gasteiger partial charge in [0.15, 0.2) is 0 Å². The Balaban J connectivity index is 1.92. The summed E-state index contributed by atoms with van der Waals surface area (Å²) in [7, 11) is 1.53. The highest BCUT2D eigenvalue weighted by atomic mass is 79.9. The Labute approximate surface area is 152 Å². The molecule has 0 radical (unpaired) electrons. The van der Waals surface area contributed by atoms with Crippen molar-refractivity contribution >= 4 is 45.0 Å². The molecule has 0 saturated heterocycles. The minimum Gasteiger partial charge on any atom is -0.336 e. The van der Waals surface area contributed by atoms with Crippen molar-refractivity contribution in [1.29, 1.82) is 0 Å². The maximum absolute atomic E-state index is 13.2. The summed E-state index contributed by atoms with van der Waals surface area (Å²) in [5.74, 6) is -0.985. The van der Waals surface area contributed by atoms with Crippen molar-refractivity contribution in [3.8, 4) is 0 Å². The van der Waals surface area contributed by atoms with E-state index in [1.165, 1.54) is 24.1 Å². The van der Waals surface area contributed by atoms with E-state index in [0.29, 0.717) is 20.7 Å². The standard InChI is InChI=1S/C17H15BrClFN2O2/c1-22(10-16(23)21-15-5-3-2-4-13(15)19)17(24)9-11-6-7-14(20)12(18)8-11/h2-8H,9-10H2,1H3,(H,21,23). The Kier molecular flexibility index (Phi) is 6.34. The van der Waals surface area contributed by atoms with Crippen LogP contribution in [0.4, 0.5) is 10.1 Å². The lowest BCUT2D eigenvalue weighted by Gasteiger charge is -2.17. The normalized spacial score (nSPS) is 10.3. The van der Waals surface area contributed by atoms with Crippen molar-refractivity contribution in [1.82, 2.24) is 4.90 Å². The lowest BCUT2D eigenvalue weighted by atomic mass is 10.1. The largest absolute Gasteiger partial charge is 0.336 e. The Morgan fingerprint density at radius 2 is 1.96 bits per heavy atom. The molecule has 4 nitrogen and oxygen atoms in total. The van der Waals surface area contributed by atoms with Gasteiger partial charge in [-0.25, -0.2) is 4.39 Å². The van der Waals surface area contributed by atoms with Gasteiger partial charge >= 0.3 is 0 Å². The van der Waals surface area contributed by atoms with Crippen molar-refractivity contribution in [2.45, 2.75) is 6.42 Å². The minimum absolute atomic E-state index is 0.0781. The molecule has 0 heterocycles. The molecular weight excluding hydrogens is 399 g/mol. The summed E-state index contributed by atoms with van der Waals surface area (Å²) in [6.45, 7) is -0.105. The molecule has 1 N–H and O–H groups in total. The van der Waals surface area contributed by atoms with E-state index in [-0.39, 0.29) is 24.8 Å². The number of nitrogens with zero attached hydrogens (tertiary/aromatic N) is 1. The molecule has 2 amide bonds. The molecule has 2 aromatic carbocycles. The molecular formula is C17H15BrClFN2O2. The third-order valence-electron chi connectivity index (χ3n) is 3.29. The molecule has 2 aromatic rings. The monoisotopic (exact) mass is 412 g/mol. The van der Waals surface area contributed by atoms with Crippen LogP contribution >= 0.6 is 27.5 Å². The average Bonchev–Trinajstić information content (AvgIpc) is 2.53. The first kappa shape index (κ1) is 18.4. The number of likely N-dealkylation sites (N-methyl/N-ethyl adjacent to an activating group) is 1. The van der Waals surface area contributed by atoms with Gasteiger partial charge in [-0.15, -0.1) is 0 Å². The molecule has 0 unspecified atom stereocenters. The van der Waals surface area contributed by atoms with Crippen LogP contribution in [0, 0.1) is 5.82 Å². The topological polar surface area (TPSA) is 49.4 Å². The summed E-state index contributed by atoms with van der Waals surface area (Å²) in [6.07, 6.45) is 0.0781. The minimum atomic E-state index is -0.390. The van der Waals surface area contributed by atoms with E-state index in [1.807, 2.05) is 0 Å². The van der Waals surface area contributed by atoms with E-state index in [0.717, 1.165) is 0 Å². The summed E-state index contributed by atoms with van der Waals surface area (Å²) in [5.41, 5.74) is 1.15. The van der Waals surface area contributed by atoms with E-state index in [9.17, 15) is 14.0 Å². The average molecular weight is 414 g/mol. The highest BCUT2D eigenvalue weighted by Gasteiger charge is 2.15. The Hall–Kier alpha value is -1.92. The first-order valence-corrected chi connectivity index (χ1v) is 8.26. The maximum Gasteiger partial charge on any atom is 0.244 e. The van der Waals surface area contributed by atoms with Crippen molar-refractivity contribution in [2.75, 3.05) is 18.9 Å². The number of carbonyl (C=O) groups is 2. The van der Waals surface area contributed by atoms with Gasteiger partial charge in [-0.3, -0.25) is 9.59 Å². The first-order chi connectivity index (χ1) is 11.4. The van der Waals surface area contributed by atoms with Gasteiger partial charge in [0.05, 0.1) is 28.1 Å². The fourth-order valence-corrected chi connectivity index (χ4v) is 2.62. The predicted octanol–water partition coefficient (Wildman–Crippen LogP) is 3.88. The lowest BCUT2D eigenvalue weighted by molar-refractivity contribution is -0.132. The van der Waals surface area contributed by atoms with Gasteiger partial charge in [-0.05, 0) is 45.8 Å². The number of carbonyl (C=O) groups excluding carboxylic acids is 2. The van der Waals surface area contributed by atoms with Gasteiger partial charge in [-0.2, -0.15) is 0 Å². The molecule has 24 heavy (non-hydrogen) atoms. The number of hydrogen-bond acceptors (Lipinski definition) is 2. The van der Waals surface area contributed by atoms with Crippen LogP contribution in [0.1, 0.15) is 5.56 Å². The Morgan fingerprint density at radius 3 is 2.62 bits per heavy atom. The van der Waals surface area contributed by atoms with Crippen molar-refractivity contribution in [3.63, 3.8) is 0 Å². The molecule has 0 aliphatic carbocycles. The van der Waals surface area contributed by atoms with E-state index in [2.05, 4.69) is 21.2 Å². The number of para-hydroxylation sites is 1. The fourth-order valence-electron chi connectivity index (χ4n) is 2.02.